The Kier molecular flexibility index (Phi) is 5.65. The van der Waals surface area contributed by atoms with E-state index in [-0.39, 0.29) is 18.8 Å². The van der Waals surface area contributed by atoms with Crippen LogP contribution in [0, 0.1) is 0 Å². The van der Waals surface area contributed by atoms with E-state index in [4.69, 9.17) is 9.47 Å². The van der Waals surface area contributed by atoms with Crippen molar-refractivity contribution in [1.29, 1.82) is 0 Å². The topological polar surface area (TPSA) is 76.7 Å². The van der Waals surface area contributed by atoms with Gasteiger partial charge in [0.15, 0.2) is 6.04 Å². The Morgan fingerprint density at radius 3 is 2.52 bits per heavy atom. The Labute approximate surface area is 143 Å². The highest BCUT2D eigenvalue weighted by atomic mass is 79.9. The van der Waals surface area contributed by atoms with Crippen LogP contribution in [0.3, 0.4) is 0 Å². The van der Waals surface area contributed by atoms with Crippen LogP contribution in [0.4, 0.5) is 11.4 Å². The molecule has 0 amide bonds. The number of carbonyl (C=O) groups excluding carboxylic acids is 2. The maximum absolute atomic E-state index is 12.3. The molecule has 0 saturated heterocycles. The van der Waals surface area contributed by atoms with Crippen molar-refractivity contribution >= 4 is 39.2 Å². The summed E-state index contributed by atoms with van der Waals surface area (Å²) in [5.41, 5.74) is 2.23. The number of carbonyl (C=O) groups is 2. The number of fused-ring (bicyclic) bond motifs is 1. The zero-order chi connectivity index (χ0) is 17.0. The van der Waals surface area contributed by atoms with E-state index in [0.29, 0.717) is 11.4 Å². The van der Waals surface area contributed by atoms with E-state index in [1.165, 1.54) is 0 Å². The van der Waals surface area contributed by atoms with Crippen LogP contribution in [-0.4, -0.2) is 31.2 Å². The zero-order valence-corrected chi connectivity index (χ0v) is 14.8. The maximum atomic E-state index is 12.3. The van der Waals surface area contributed by atoms with Crippen LogP contribution in [0.2, 0.25) is 0 Å². The first-order valence-electron chi connectivity index (χ1n) is 7.35. The molecule has 6 nitrogen and oxygen atoms in total. The fraction of sp³-hybridized carbons (Fsp3) is 0.375. The van der Waals surface area contributed by atoms with Crippen molar-refractivity contribution in [3.05, 3.63) is 33.9 Å². The molecule has 0 spiro atoms. The smallest absolute Gasteiger partial charge is 0.338 e. The lowest BCUT2D eigenvalue weighted by Crippen LogP contribution is -2.37. The van der Waals surface area contributed by atoms with Crippen LogP contribution in [0.25, 0.3) is 0 Å². The van der Waals surface area contributed by atoms with Gasteiger partial charge in [-0.05, 0) is 39.0 Å². The lowest BCUT2D eigenvalue weighted by atomic mass is 10.1. The average molecular weight is 383 g/mol. The molecule has 0 aromatic heterocycles. The molecule has 2 rings (SSSR count). The third-order valence-corrected chi connectivity index (χ3v) is 3.81. The molecule has 124 valence electrons. The van der Waals surface area contributed by atoms with Crippen molar-refractivity contribution in [1.82, 2.24) is 0 Å². The predicted molar refractivity (Wildman–Crippen MR) is 91.1 cm³/mol. The van der Waals surface area contributed by atoms with Crippen LogP contribution in [0.5, 0.6) is 0 Å². The highest BCUT2D eigenvalue weighted by Gasteiger charge is 2.34. The van der Waals surface area contributed by atoms with E-state index in [2.05, 4.69) is 26.6 Å². The second kappa shape index (κ2) is 7.50. The van der Waals surface area contributed by atoms with E-state index < -0.39 is 18.0 Å². The van der Waals surface area contributed by atoms with Gasteiger partial charge in [0.05, 0.1) is 30.2 Å². The van der Waals surface area contributed by atoms with Crippen molar-refractivity contribution in [2.45, 2.75) is 26.8 Å². The van der Waals surface area contributed by atoms with E-state index in [1.807, 2.05) is 18.2 Å². The largest absolute Gasteiger partial charge is 0.464 e. The number of ether oxygens (including phenoxy) is 2. The summed E-state index contributed by atoms with van der Waals surface area (Å²) >= 11 is 3.40. The molecule has 1 aromatic carbocycles. The number of benzene rings is 1. The molecule has 0 bridgehead atoms. The quantitative estimate of drug-likeness (QED) is 0.779. The number of rotatable bonds is 4. The summed E-state index contributed by atoms with van der Waals surface area (Å²) in [4.78, 5) is 24.7. The molecular weight excluding hydrogens is 364 g/mol. The van der Waals surface area contributed by atoms with Gasteiger partial charge >= 0.3 is 11.9 Å². The van der Waals surface area contributed by atoms with Crippen LogP contribution >= 0.6 is 15.9 Å². The summed E-state index contributed by atoms with van der Waals surface area (Å²) in [5, 5.41) is 6.23. The third-order valence-electron chi connectivity index (χ3n) is 3.31. The Bertz CT molecular complexity index is 657. The molecule has 0 fully saturated rings. The first kappa shape index (κ1) is 17.3. The lowest BCUT2D eigenvalue weighted by Gasteiger charge is -2.19. The number of nitrogens with one attached hydrogen (secondary N) is 2. The number of anilines is 2. The summed E-state index contributed by atoms with van der Waals surface area (Å²) < 4.78 is 11.1. The van der Waals surface area contributed by atoms with Gasteiger partial charge in [-0.15, -0.1) is 0 Å². The number of hydrogen-bond acceptors (Lipinski definition) is 6. The average Bonchev–Trinajstić information content (AvgIpc) is 2.63. The van der Waals surface area contributed by atoms with Gasteiger partial charge in [-0.3, -0.25) is 0 Å². The van der Waals surface area contributed by atoms with Crippen molar-refractivity contribution in [3.8, 4) is 0 Å². The van der Waals surface area contributed by atoms with Crippen LogP contribution in [0.15, 0.2) is 33.9 Å². The summed E-state index contributed by atoms with van der Waals surface area (Å²) in [6.07, 6.45) is 0. The summed E-state index contributed by atoms with van der Waals surface area (Å²) in [6, 6.07) is 4.62. The van der Waals surface area contributed by atoms with Crippen LogP contribution in [0.1, 0.15) is 20.8 Å². The minimum Gasteiger partial charge on any atom is -0.464 e. The van der Waals surface area contributed by atoms with Crippen LogP contribution < -0.4 is 10.6 Å². The zero-order valence-electron chi connectivity index (χ0n) is 13.2. The summed E-state index contributed by atoms with van der Waals surface area (Å²) in [5.74, 6) is -1.07. The Balaban J connectivity index is 2.49. The summed E-state index contributed by atoms with van der Waals surface area (Å²) in [6.45, 7) is 5.63. The first-order valence-corrected chi connectivity index (χ1v) is 8.14. The maximum Gasteiger partial charge on any atom is 0.338 e. The van der Waals surface area contributed by atoms with Crippen molar-refractivity contribution in [2.24, 2.45) is 0 Å². The molecule has 1 aromatic rings. The molecule has 0 saturated carbocycles. The number of halogens is 1. The molecule has 1 aliphatic heterocycles. The van der Waals surface area contributed by atoms with E-state index >= 15 is 0 Å². The molecule has 1 unspecified atom stereocenters. The normalized spacial score (nSPS) is 16.6. The number of hydrogen-bond donors (Lipinski definition) is 2. The predicted octanol–water partition coefficient (Wildman–Crippen LogP) is 3.06. The van der Waals surface area contributed by atoms with Gasteiger partial charge in [-0.25, -0.2) is 9.59 Å². The third kappa shape index (κ3) is 3.85. The Morgan fingerprint density at radius 1 is 1.17 bits per heavy atom. The molecule has 1 aliphatic rings. The van der Waals surface area contributed by atoms with Crippen molar-refractivity contribution in [2.75, 3.05) is 23.8 Å². The molecule has 0 radical (unpaired) electrons. The van der Waals surface area contributed by atoms with Gasteiger partial charge in [0.2, 0.25) is 0 Å². The lowest BCUT2D eigenvalue weighted by molar-refractivity contribution is -0.146. The SMILES string of the molecule is CCOC(=O)C1=C(C)Nc2ccc(Br)cc2NC1C(=O)OCC. The molecule has 2 N–H and O–H groups in total. The molecule has 0 aliphatic carbocycles. The van der Waals surface area contributed by atoms with Gasteiger partial charge in [0, 0.05) is 10.2 Å². The Morgan fingerprint density at radius 2 is 1.87 bits per heavy atom. The van der Waals surface area contributed by atoms with Crippen molar-refractivity contribution < 1.29 is 19.1 Å². The van der Waals surface area contributed by atoms with Gasteiger partial charge < -0.3 is 20.1 Å². The minimum atomic E-state index is -0.933. The van der Waals surface area contributed by atoms with E-state index in [1.54, 1.807) is 20.8 Å². The monoisotopic (exact) mass is 382 g/mol. The van der Waals surface area contributed by atoms with Gasteiger partial charge in [0.25, 0.3) is 0 Å². The number of esters is 2. The van der Waals surface area contributed by atoms with Gasteiger partial charge in [-0.1, -0.05) is 15.9 Å². The van der Waals surface area contributed by atoms with Crippen molar-refractivity contribution in [3.63, 3.8) is 0 Å². The summed E-state index contributed by atoms with van der Waals surface area (Å²) in [7, 11) is 0. The second-order valence-electron chi connectivity index (χ2n) is 4.90. The number of allylic oxidation sites excluding steroid dienone is 1. The molecule has 1 heterocycles. The molecule has 23 heavy (non-hydrogen) atoms. The molecular formula is C16H19BrN2O4. The molecule has 7 heteroatoms. The van der Waals surface area contributed by atoms with E-state index in [0.717, 1.165) is 10.2 Å². The Hall–Kier alpha value is -2.02. The standard InChI is InChI=1S/C16H19BrN2O4/c1-4-22-15(20)13-9(3)18-11-7-6-10(17)8-12(11)19-14(13)16(21)23-5-2/h6-8,14,18-19H,4-5H2,1-3H3. The minimum absolute atomic E-state index is 0.220. The first-order chi connectivity index (χ1) is 11.0. The fourth-order valence-electron chi connectivity index (χ4n) is 2.34. The van der Waals surface area contributed by atoms with Gasteiger partial charge in [0.1, 0.15) is 0 Å². The van der Waals surface area contributed by atoms with Gasteiger partial charge in [-0.2, -0.15) is 0 Å². The highest BCUT2D eigenvalue weighted by molar-refractivity contribution is 9.10. The van der Waals surface area contributed by atoms with E-state index in [9.17, 15) is 9.59 Å². The fourth-order valence-corrected chi connectivity index (χ4v) is 2.70. The molecule has 1 atom stereocenters. The highest BCUT2D eigenvalue weighted by Crippen LogP contribution is 2.32. The van der Waals surface area contributed by atoms with Crippen LogP contribution in [-0.2, 0) is 19.1 Å². The second-order valence-corrected chi connectivity index (χ2v) is 5.82.